The number of nitrogens with zero attached hydrogens (tertiary/aromatic N) is 2. The molecule has 0 fully saturated rings. The van der Waals surface area contributed by atoms with Gasteiger partial charge in [-0.15, -0.1) is 0 Å². The normalized spacial score (nSPS) is 10.0. The zero-order chi connectivity index (χ0) is 13.8. The molecule has 1 heterocycles. The van der Waals surface area contributed by atoms with E-state index in [-0.39, 0.29) is 5.15 Å². The maximum atomic E-state index is 9.01. The Morgan fingerprint density at radius 1 is 1.37 bits per heavy atom. The predicted octanol–water partition coefficient (Wildman–Crippen LogP) is 3.84. The summed E-state index contributed by atoms with van der Waals surface area (Å²) in [5.74, 6) is 0.755. The zero-order valence-corrected chi connectivity index (χ0v) is 11.5. The number of pyridine rings is 1. The van der Waals surface area contributed by atoms with E-state index in [1.807, 2.05) is 24.3 Å². The Kier molecular flexibility index (Phi) is 4.03. The molecule has 0 saturated carbocycles. The Morgan fingerprint density at radius 3 is 2.79 bits per heavy atom. The van der Waals surface area contributed by atoms with Crippen LogP contribution in [0.1, 0.15) is 18.1 Å². The largest absolute Gasteiger partial charge is 0.496 e. The summed E-state index contributed by atoms with van der Waals surface area (Å²) in [5, 5.41) is 9.23. The first-order valence-corrected chi connectivity index (χ1v) is 6.30. The van der Waals surface area contributed by atoms with Crippen LogP contribution in [0.4, 0.5) is 0 Å². The highest BCUT2D eigenvalue weighted by Gasteiger charge is 2.10. The number of aryl methyl sites for hydroxylation is 1. The topological polar surface area (TPSA) is 45.9 Å². The van der Waals surface area contributed by atoms with Gasteiger partial charge in [-0.3, -0.25) is 0 Å². The molecular formula is C15H13ClN2O. The van der Waals surface area contributed by atoms with Crippen molar-refractivity contribution in [3.05, 3.63) is 46.7 Å². The number of hydrogen-bond donors (Lipinski definition) is 0. The van der Waals surface area contributed by atoms with Crippen LogP contribution in [-0.4, -0.2) is 12.1 Å². The van der Waals surface area contributed by atoms with Crippen molar-refractivity contribution in [3.63, 3.8) is 0 Å². The standard InChI is InChI=1S/C15H13ClN2O/c1-3-10-4-5-14(19-2)13(6-10)12-7-11(8-17)15(16)18-9-12/h4-7,9H,3H2,1-2H3. The van der Waals surface area contributed by atoms with Crippen LogP contribution >= 0.6 is 11.6 Å². The number of halogens is 1. The molecule has 1 aromatic heterocycles. The minimum Gasteiger partial charge on any atom is -0.496 e. The van der Waals surface area contributed by atoms with Gasteiger partial charge in [0.05, 0.1) is 12.7 Å². The highest BCUT2D eigenvalue weighted by atomic mass is 35.5. The molecule has 0 aliphatic carbocycles. The average molecular weight is 273 g/mol. The van der Waals surface area contributed by atoms with Crippen LogP contribution in [0.3, 0.4) is 0 Å². The molecule has 3 nitrogen and oxygen atoms in total. The summed E-state index contributed by atoms with van der Waals surface area (Å²) >= 11 is 5.85. The van der Waals surface area contributed by atoms with E-state index < -0.39 is 0 Å². The third-order valence-corrected chi connectivity index (χ3v) is 3.24. The first-order valence-electron chi connectivity index (χ1n) is 5.92. The Hall–Kier alpha value is -2.05. The van der Waals surface area contributed by atoms with Crippen molar-refractivity contribution in [1.29, 1.82) is 5.26 Å². The van der Waals surface area contributed by atoms with Crippen LogP contribution in [0.2, 0.25) is 5.15 Å². The van der Waals surface area contributed by atoms with Crippen LogP contribution in [0.25, 0.3) is 11.1 Å². The van der Waals surface area contributed by atoms with Crippen molar-refractivity contribution in [2.24, 2.45) is 0 Å². The van der Waals surface area contributed by atoms with Crippen molar-refractivity contribution in [2.45, 2.75) is 13.3 Å². The van der Waals surface area contributed by atoms with Crippen LogP contribution < -0.4 is 4.74 Å². The van der Waals surface area contributed by atoms with Gasteiger partial charge < -0.3 is 4.74 Å². The van der Waals surface area contributed by atoms with E-state index in [1.54, 1.807) is 19.4 Å². The van der Waals surface area contributed by atoms with E-state index in [4.69, 9.17) is 21.6 Å². The smallest absolute Gasteiger partial charge is 0.146 e. The van der Waals surface area contributed by atoms with E-state index in [2.05, 4.69) is 11.9 Å². The molecule has 96 valence electrons. The number of aromatic nitrogens is 1. The van der Waals surface area contributed by atoms with Gasteiger partial charge >= 0.3 is 0 Å². The summed E-state index contributed by atoms with van der Waals surface area (Å²) in [6, 6.07) is 9.76. The van der Waals surface area contributed by atoms with Crippen LogP contribution in [-0.2, 0) is 6.42 Å². The Balaban J connectivity index is 2.60. The van der Waals surface area contributed by atoms with Crippen molar-refractivity contribution in [2.75, 3.05) is 7.11 Å². The molecule has 0 N–H and O–H groups in total. The van der Waals surface area contributed by atoms with Gasteiger partial charge in [-0.2, -0.15) is 5.26 Å². The van der Waals surface area contributed by atoms with Crippen LogP contribution in [0.5, 0.6) is 5.75 Å². The van der Waals surface area contributed by atoms with Gasteiger partial charge in [0.15, 0.2) is 0 Å². The predicted molar refractivity (Wildman–Crippen MR) is 75.3 cm³/mol. The lowest BCUT2D eigenvalue weighted by Crippen LogP contribution is -1.92. The summed E-state index contributed by atoms with van der Waals surface area (Å²) < 4.78 is 5.36. The maximum absolute atomic E-state index is 9.01. The fourth-order valence-electron chi connectivity index (χ4n) is 1.87. The van der Waals surface area contributed by atoms with E-state index in [0.717, 1.165) is 23.3 Å². The summed E-state index contributed by atoms with van der Waals surface area (Å²) in [6.07, 6.45) is 2.59. The molecule has 0 atom stereocenters. The van der Waals surface area contributed by atoms with E-state index in [9.17, 15) is 0 Å². The lowest BCUT2D eigenvalue weighted by molar-refractivity contribution is 0.416. The third kappa shape index (κ3) is 2.69. The molecule has 2 rings (SSSR count). The number of methoxy groups -OCH3 is 1. The molecule has 0 aliphatic heterocycles. The number of ether oxygens (including phenoxy) is 1. The van der Waals surface area contributed by atoms with Gasteiger partial charge in [-0.05, 0) is 30.2 Å². The lowest BCUT2D eigenvalue weighted by Gasteiger charge is -2.10. The monoisotopic (exact) mass is 272 g/mol. The molecule has 0 saturated heterocycles. The third-order valence-electron chi connectivity index (χ3n) is 2.94. The molecule has 0 amide bonds. The average Bonchev–Trinajstić information content (AvgIpc) is 2.47. The zero-order valence-electron chi connectivity index (χ0n) is 10.8. The van der Waals surface area contributed by atoms with Gasteiger partial charge in [-0.1, -0.05) is 24.6 Å². The fourth-order valence-corrected chi connectivity index (χ4v) is 2.02. The lowest BCUT2D eigenvalue weighted by atomic mass is 10.0. The summed E-state index contributed by atoms with van der Waals surface area (Å²) in [6.45, 7) is 2.09. The molecule has 0 radical (unpaired) electrons. The molecule has 19 heavy (non-hydrogen) atoms. The number of nitriles is 1. The molecule has 2 aromatic rings. The van der Waals surface area contributed by atoms with Gasteiger partial charge in [0.1, 0.15) is 17.0 Å². The summed E-state index contributed by atoms with van der Waals surface area (Å²) in [5.41, 5.74) is 3.31. The minimum absolute atomic E-state index is 0.219. The van der Waals surface area contributed by atoms with E-state index in [0.29, 0.717) is 5.56 Å². The summed E-state index contributed by atoms with van der Waals surface area (Å²) in [4.78, 5) is 4.04. The fraction of sp³-hybridized carbons (Fsp3) is 0.200. The minimum atomic E-state index is 0.219. The molecule has 0 unspecified atom stereocenters. The maximum Gasteiger partial charge on any atom is 0.146 e. The van der Waals surface area contributed by atoms with Crippen molar-refractivity contribution in [1.82, 2.24) is 4.98 Å². The van der Waals surface area contributed by atoms with Gasteiger partial charge in [-0.25, -0.2) is 4.98 Å². The quantitative estimate of drug-likeness (QED) is 0.798. The van der Waals surface area contributed by atoms with Crippen LogP contribution in [0, 0.1) is 11.3 Å². The molecule has 0 aliphatic rings. The van der Waals surface area contributed by atoms with Gasteiger partial charge in [0.25, 0.3) is 0 Å². The second kappa shape index (κ2) is 5.73. The van der Waals surface area contributed by atoms with Crippen LogP contribution in [0.15, 0.2) is 30.5 Å². The Labute approximate surface area is 117 Å². The van der Waals surface area contributed by atoms with Crippen molar-refractivity contribution >= 4 is 11.6 Å². The first kappa shape index (κ1) is 13.4. The second-order valence-corrected chi connectivity index (χ2v) is 4.42. The Morgan fingerprint density at radius 2 is 2.16 bits per heavy atom. The second-order valence-electron chi connectivity index (χ2n) is 4.06. The number of benzene rings is 1. The summed E-state index contributed by atoms with van der Waals surface area (Å²) in [7, 11) is 1.62. The van der Waals surface area contributed by atoms with Crippen molar-refractivity contribution < 1.29 is 4.74 Å². The highest BCUT2D eigenvalue weighted by molar-refractivity contribution is 6.30. The Bertz CT molecular complexity index is 647. The molecule has 4 heteroatoms. The van der Waals surface area contributed by atoms with Crippen molar-refractivity contribution in [3.8, 4) is 22.9 Å². The molecule has 0 bridgehead atoms. The molecule has 0 spiro atoms. The van der Waals surface area contributed by atoms with Gasteiger partial charge in [0.2, 0.25) is 0 Å². The number of hydrogen-bond acceptors (Lipinski definition) is 3. The first-order chi connectivity index (χ1) is 9.19. The van der Waals surface area contributed by atoms with Gasteiger partial charge in [0, 0.05) is 17.3 Å². The molecule has 1 aromatic carbocycles. The SMILES string of the molecule is CCc1ccc(OC)c(-c2cnc(Cl)c(C#N)c2)c1. The van der Waals surface area contributed by atoms with E-state index in [1.165, 1.54) is 5.56 Å². The van der Waals surface area contributed by atoms with E-state index >= 15 is 0 Å². The number of rotatable bonds is 3. The molecular weight excluding hydrogens is 260 g/mol. The highest BCUT2D eigenvalue weighted by Crippen LogP contribution is 2.32.